The first-order valence-electron chi connectivity index (χ1n) is 10.9. The number of phenols is 1. The van der Waals surface area contributed by atoms with Crippen molar-refractivity contribution >= 4 is 51.2 Å². The van der Waals surface area contributed by atoms with Crippen LogP contribution in [-0.4, -0.2) is 37.5 Å². The normalized spacial score (nSPS) is 16.0. The van der Waals surface area contributed by atoms with Crippen molar-refractivity contribution in [2.24, 2.45) is 4.99 Å². The molecule has 1 saturated heterocycles. The molecule has 2 N–H and O–H groups in total. The number of H-pyrrole nitrogens is 1. The van der Waals surface area contributed by atoms with Crippen LogP contribution >= 0.6 is 11.8 Å². The summed E-state index contributed by atoms with van der Waals surface area (Å²) >= 11 is 1.22. The molecule has 1 fully saturated rings. The van der Waals surface area contributed by atoms with E-state index in [0.717, 1.165) is 22.2 Å². The van der Waals surface area contributed by atoms with Crippen molar-refractivity contribution in [2.75, 3.05) is 6.54 Å². The van der Waals surface area contributed by atoms with Gasteiger partial charge in [0.05, 0.1) is 15.5 Å². The Balaban J connectivity index is 1.47. The minimum Gasteiger partial charge on any atom is -0.502 e. The van der Waals surface area contributed by atoms with Gasteiger partial charge in [-0.15, -0.1) is 0 Å². The molecule has 35 heavy (non-hydrogen) atoms. The van der Waals surface area contributed by atoms with E-state index < -0.39 is 16.4 Å². The van der Waals surface area contributed by atoms with Crippen LogP contribution < -0.4 is 0 Å². The van der Waals surface area contributed by atoms with E-state index in [1.165, 1.54) is 30.0 Å². The number of phenolic OH excluding ortho intramolecular Hbond substituents is 1. The van der Waals surface area contributed by atoms with Gasteiger partial charge in [0.25, 0.3) is 5.91 Å². The van der Waals surface area contributed by atoms with Gasteiger partial charge in [-0.1, -0.05) is 42.5 Å². The average molecular weight is 485 g/mol. The number of benzene rings is 3. The van der Waals surface area contributed by atoms with Gasteiger partial charge in [0.15, 0.2) is 10.9 Å². The highest BCUT2D eigenvalue weighted by molar-refractivity contribution is 8.18. The van der Waals surface area contributed by atoms with Crippen LogP contribution in [0.1, 0.15) is 11.1 Å². The van der Waals surface area contributed by atoms with E-state index in [2.05, 4.69) is 4.98 Å². The molecule has 0 atom stereocenters. The molecule has 0 aliphatic carbocycles. The molecule has 0 spiro atoms. The lowest BCUT2D eigenvalue weighted by atomic mass is 10.1. The van der Waals surface area contributed by atoms with E-state index in [1.54, 1.807) is 11.0 Å². The highest BCUT2D eigenvalue weighted by atomic mass is 32.2. The number of aromatic hydroxyl groups is 1. The quantitative estimate of drug-likeness (QED) is 0.209. The third kappa shape index (κ3) is 4.67. The third-order valence-corrected chi connectivity index (χ3v) is 6.65. The topological polar surface area (TPSA) is 112 Å². The van der Waals surface area contributed by atoms with Crippen LogP contribution in [0.4, 0.5) is 11.4 Å². The molecule has 1 aromatic heterocycles. The molecule has 0 saturated carbocycles. The molecule has 174 valence electrons. The second-order valence-corrected chi connectivity index (χ2v) is 8.92. The van der Waals surface area contributed by atoms with Crippen molar-refractivity contribution < 1.29 is 14.8 Å². The Morgan fingerprint density at radius 1 is 1.09 bits per heavy atom. The number of amides is 1. The van der Waals surface area contributed by atoms with E-state index in [9.17, 15) is 20.0 Å². The second kappa shape index (κ2) is 9.47. The number of hydrogen-bond donors (Lipinski definition) is 2. The number of para-hydroxylation sites is 2. The summed E-state index contributed by atoms with van der Waals surface area (Å²) in [6, 6.07) is 21.4. The number of nitro benzene ring substituents is 1. The summed E-state index contributed by atoms with van der Waals surface area (Å²) in [5, 5.41) is 22.6. The number of aromatic nitrogens is 1. The van der Waals surface area contributed by atoms with E-state index in [-0.39, 0.29) is 5.91 Å². The lowest BCUT2D eigenvalue weighted by Gasteiger charge is -2.15. The molecule has 1 amide bonds. The highest BCUT2D eigenvalue weighted by Crippen LogP contribution is 2.36. The predicted octanol–water partition coefficient (Wildman–Crippen LogP) is 5.63. The molecule has 0 unspecified atom stereocenters. The van der Waals surface area contributed by atoms with Crippen molar-refractivity contribution in [3.63, 3.8) is 0 Å². The zero-order valence-electron chi connectivity index (χ0n) is 18.4. The van der Waals surface area contributed by atoms with Crippen LogP contribution in [0, 0.1) is 10.1 Å². The van der Waals surface area contributed by atoms with Crippen LogP contribution in [0.25, 0.3) is 17.0 Å². The Bertz CT molecular complexity index is 1490. The fourth-order valence-corrected chi connectivity index (χ4v) is 4.92. The summed E-state index contributed by atoms with van der Waals surface area (Å²) in [5.74, 6) is -0.644. The van der Waals surface area contributed by atoms with Gasteiger partial charge in [0, 0.05) is 29.7 Å². The van der Waals surface area contributed by atoms with Gasteiger partial charge in [0.2, 0.25) is 0 Å². The SMILES string of the molecule is O=C1/C(=C/c2ccc(O)c([N+](=O)[O-])c2)SC(=Nc2ccccc2)N1CCc1c[nH]c2ccccc12. The van der Waals surface area contributed by atoms with Crippen molar-refractivity contribution in [3.05, 3.63) is 105 Å². The zero-order chi connectivity index (χ0) is 24.4. The Morgan fingerprint density at radius 2 is 1.86 bits per heavy atom. The van der Waals surface area contributed by atoms with Gasteiger partial charge in [0.1, 0.15) is 0 Å². The molecule has 1 aliphatic rings. The van der Waals surface area contributed by atoms with Gasteiger partial charge in [-0.2, -0.15) is 0 Å². The fourth-order valence-electron chi connectivity index (χ4n) is 3.90. The van der Waals surface area contributed by atoms with Crippen LogP contribution in [0.15, 0.2) is 88.9 Å². The second-order valence-electron chi connectivity index (χ2n) is 7.91. The lowest BCUT2D eigenvalue weighted by Crippen LogP contribution is -2.31. The maximum absolute atomic E-state index is 13.4. The van der Waals surface area contributed by atoms with E-state index in [1.807, 2.05) is 60.8 Å². The van der Waals surface area contributed by atoms with E-state index in [0.29, 0.717) is 28.6 Å². The maximum atomic E-state index is 13.4. The number of aliphatic imine (C=N–C) groups is 1. The Hall–Kier alpha value is -4.37. The number of carbonyl (C=O) groups is 1. The van der Waals surface area contributed by atoms with Crippen LogP contribution in [-0.2, 0) is 11.2 Å². The summed E-state index contributed by atoms with van der Waals surface area (Å²) in [6.07, 6.45) is 4.17. The van der Waals surface area contributed by atoms with Gasteiger partial charge in [-0.25, -0.2) is 4.99 Å². The third-order valence-electron chi connectivity index (χ3n) is 5.64. The summed E-state index contributed by atoms with van der Waals surface area (Å²) < 4.78 is 0. The first-order valence-corrected chi connectivity index (χ1v) is 11.7. The number of carbonyl (C=O) groups excluding carboxylic acids is 1. The number of fused-ring (bicyclic) bond motifs is 1. The van der Waals surface area contributed by atoms with Crippen LogP contribution in [0.2, 0.25) is 0 Å². The minimum atomic E-state index is -0.656. The number of nitro groups is 1. The first-order chi connectivity index (χ1) is 17.0. The number of aromatic amines is 1. The molecule has 3 aromatic carbocycles. The molecular weight excluding hydrogens is 464 g/mol. The molecule has 5 rings (SSSR count). The maximum Gasteiger partial charge on any atom is 0.311 e. The highest BCUT2D eigenvalue weighted by Gasteiger charge is 2.33. The standard InChI is InChI=1S/C26H20N4O4S/c31-23-11-10-17(14-22(23)30(33)34)15-24-25(32)29(26(35-24)28-19-6-2-1-3-7-19)13-12-18-16-27-21-9-5-4-8-20(18)21/h1-11,14-16,27,31H,12-13H2/b24-15-,28-26?. The smallest absolute Gasteiger partial charge is 0.311 e. The fraction of sp³-hybridized carbons (Fsp3) is 0.0769. The largest absolute Gasteiger partial charge is 0.502 e. The van der Waals surface area contributed by atoms with Crippen LogP contribution in [0.3, 0.4) is 0 Å². The molecule has 8 nitrogen and oxygen atoms in total. The van der Waals surface area contributed by atoms with Crippen molar-refractivity contribution in [1.29, 1.82) is 0 Å². The van der Waals surface area contributed by atoms with E-state index >= 15 is 0 Å². The Labute approximate surface area is 204 Å². The number of rotatable bonds is 6. The molecule has 0 radical (unpaired) electrons. The number of nitrogens with zero attached hydrogens (tertiary/aromatic N) is 3. The lowest BCUT2D eigenvalue weighted by molar-refractivity contribution is -0.385. The van der Waals surface area contributed by atoms with E-state index in [4.69, 9.17) is 4.99 Å². The summed E-state index contributed by atoms with van der Waals surface area (Å²) in [4.78, 5) is 33.9. The van der Waals surface area contributed by atoms with Crippen molar-refractivity contribution in [2.45, 2.75) is 6.42 Å². The molecule has 4 aromatic rings. The molecular formula is C26H20N4O4S. The number of thioether (sulfide) groups is 1. The van der Waals surface area contributed by atoms with Gasteiger partial charge >= 0.3 is 5.69 Å². The molecule has 0 bridgehead atoms. The predicted molar refractivity (Wildman–Crippen MR) is 138 cm³/mol. The summed E-state index contributed by atoms with van der Waals surface area (Å²) in [6.45, 7) is 0.423. The van der Waals surface area contributed by atoms with Gasteiger partial charge < -0.3 is 10.1 Å². The monoisotopic (exact) mass is 484 g/mol. The number of amidine groups is 1. The molecule has 9 heteroatoms. The molecule has 1 aliphatic heterocycles. The Morgan fingerprint density at radius 3 is 2.66 bits per heavy atom. The number of hydrogen-bond acceptors (Lipinski definition) is 6. The van der Waals surface area contributed by atoms with Crippen LogP contribution in [0.5, 0.6) is 5.75 Å². The van der Waals surface area contributed by atoms with Gasteiger partial charge in [-0.3, -0.25) is 19.8 Å². The Kier molecular flexibility index (Phi) is 6.07. The number of nitrogens with one attached hydrogen (secondary N) is 1. The van der Waals surface area contributed by atoms with Gasteiger partial charge in [-0.05, 0) is 59.7 Å². The van der Waals surface area contributed by atoms with Crippen molar-refractivity contribution in [3.8, 4) is 5.75 Å². The molecule has 2 heterocycles. The average Bonchev–Trinajstić information content (AvgIpc) is 3.40. The zero-order valence-corrected chi connectivity index (χ0v) is 19.2. The summed E-state index contributed by atoms with van der Waals surface area (Å²) in [7, 11) is 0. The first kappa shape index (κ1) is 22.4. The minimum absolute atomic E-state index is 0.222. The van der Waals surface area contributed by atoms with Crippen molar-refractivity contribution in [1.82, 2.24) is 9.88 Å². The summed E-state index contributed by atoms with van der Waals surface area (Å²) in [5.41, 5.74) is 2.90.